The van der Waals surface area contributed by atoms with E-state index in [1.54, 1.807) is 19.2 Å². The van der Waals surface area contributed by atoms with Gasteiger partial charge in [0, 0.05) is 29.7 Å². The molecule has 3 aromatic rings. The Bertz CT molecular complexity index is 918. The van der Waals surface area contributed by atoms with Gasteiger partial charge in [0.1, 0.15) is 0 Å². The van der Waals surface area contributed by atoms with Gasteiger partial charge in [-0.2, -0.15) is 0 Å². The highest BCUT2D eigenvalue weighted by atomic mass is 35.5. The monoisotopic (exact) mass is 341 g/mol. The van der Waals surface area contributed by atoms with E-state index in [1.807, 2.05) is 30.5 Å². The number of aromatic nitrogens is 1. The molecule has 0 fully saturated rings. The molecule has 3 rings (SSSR count). The predicted octanol–water partition coefficient (Wildman–Crippen LogP) is 3.36. The summed E-state index contributed by atoms with van der Waals surface area (Å²) >= 11 is 6.15. The fraction of sp³-hybridized carbons (Fsp3) is 0.111. The fourth-order valence-corrected chi connectivity index (χ4v) is 2.78. The van der Waals surface area contributed by atoms with Crippen molar-refractivity contribution in [3.8, 4) is 0 Å². The van der Waals surface area contributed by atoms with Crippen LogP contribution in [0, 0.1) is 0 Å². The number of carbonyl (C=O) groups excluding carboxylic acids is 2. The van der Waals surface area contributed by atoms with Crippen LogP contribution in [0.4, 0.5) is 5.69 Å². The fourth-order valence-electron chi connectivity index (χ4n) is 2.55. The van der Waals surface area contributed by atoms with E-state index in [0.29, 0.717) is 16.3 Å². The maximum absolute atomic E-state index is 12.3. The standard InChI is InChI=1S/C18H16ClN3O2/c1-20-18(24)11-6-7-16(14(19)8-11)22-17(23)9-12-10-21-15-5-3-2-4-13(12)15/h2-8,10,21H,9H2,1H3,(H,20,24)(H,22,23). The van der Waals surface area contributed by atoms with E-state index < -0.39 is 0 Å². The molecule has 3 N–H and O–H groups in total. The number of para-hydroxylation sites is 1. The Kier molecular flexibility index (Phi) is 4.53. The molecular weight excluding hydrogens is 326 g/mol. The van der Waals surface area contributed by atoms with Crippen LogP contribution < -0.4 is 10.6 Å². The molecule has 5 nitrogen and oxygen atoms in total. The van der Waals surface area contributed by atoms with Gasteiger partial charge < -0.3 is 15.6 Å². The first-order chi connectivity index (χ1) is 11.6. The van der Waals surface area contributed by atoms with Crippen molar-refractivity contribution in [1.29, 1.82) is 0 Å². The highest BCUT2D eigenvalue weighted by molar-refractivity contribution is 6.34. The van der Waals surface area contributed by atoms with Crippen LogP contribution in [0.1, 0.15) is 15.9 Å². The molecule has 1 aromatic heterocycles. The molecule has 0 bridgehead atoms. The SMILES string of the molecule is CNC(=O)c1ccc(NC(=O)Cc2c[nH]c3ccccc23)c(Cl)c1. The number of rotatable bonds is 4. The van der Waals surface area contributed by atoms with Crippen molar-refractivity contribution >= 4 is 40.0 Å². The molecule has 0 spiro atoms. The quantitative estimate of drug-likeness (QED) is 0.680. The lowest BCUT2D eigenvalue weighted by Gasteiger charge is -2.08. The third-order valence-electron chi connectivity index (χ3n) is 3.76. The topological polar surface area (TPSA) is 74.0 Å². The summed E-state index contributed by atoms with van der Waals surface area (Å²) in [6.07, 6.45) is 2.07. The Morgan fingerprint density at radius 2 is 1.96 bits per heavy atom. The Morgan fingerprint density at radius 1 is 1.17 bits per heavy atom. The first-order valence-electron chi connectivity index (χ1n) is 7.45. The zero-order valence-corrected chi connectivity index (χ0v) is 13.8. The molecule has 2 amide bonds. The highest BCUT2D eigenvalue weighted by Gasteiger charge is 2.12. The van der Waals surface area contributed by atoms with Crippen molar-refractivity contribution in [2.45, 2.75) is 6.42 Å². The van der Waals surface area contributed by atoms with E-state index >= 15 is 0 Å². The van der Waals surface area contributed by atoms with Crippen LogP contribution in [-0.2, 0) is 11.2 Å². The number of H-pyrrole nitrogens is 1. The molecule has 122 valence electrons. The Labute approximate surface area is 144 Å². The van der Waals surface area contributed by atoms with E-state index in [2.05, 4.69) is 15.6 Å². The maximum Gasteiger partial charge on any atom is 0.251 e. The third kappa shape index (κ3) is 3.26. The number of halogens is 1. The molecule has 0 aliphatic rings. The summed E-state index contributed by atoms with van der Waals surface area (Å²) < 4.78 is 0. The first-order valence-corrected chi connectivity index (χ1v) is 7.83. The van der Waals surface area contributed by atoms with Gasteiger partial charge in [0.05, 0.1) is 17.1 Å². The number of aromatic amines is 1. The van der Waals surface area contributed by atoms with Gasteiger partial charge in [0.25, 0.3) is 5.91 Å². The summed E-state index contributed by atoms with van der Waals surface area (Å²) in [7, 11) is 1.55. The number of hydrogen-bond donors (Lipinski definition) is 3. The number of hydrogen-bond acceptors (Lipinski definition) is 2. The third-order valence-corrected chi connectivity index (χ3v) is 4.07. The minimum atomic E-state index is -0.228. The average molecular weight is 342 g/mol. The normalized spacial score (nSPS) is 10.6. The van der Waals surface area contributed by atoms with Gasteiger partial charge in [0.2, 0.25) is 5.91 Å². The molecule has 0 unspecified atom stereocenters. The number of carbonyl (C=O) groups is 2. The number of fused-ring (bicyclic) bond motifs is 1. The predicted molar refractivity (Wildman–Crippen MR) is 95.5 cm³/mol. The summed E-state index contributed by atoms with van der Waals surface area (Å²) in [4.78, 5) is 27.0. The second kappa shape index (κ2) is 6.76. The van der Waals surface area contributed by atoms with Gasteiger partial charge >= 0.3 is 0 Å². The second-order valence-corrected chi connectivity index (χ2v) is 5.77. The van der Waals surface area contributed by atoms with Crippen molar-refractivity contribution < 1.29 is 9.59 Å². The lowest BCUT2D eigenvalue weighted by molar-refractivity contribution is -0.115. The average Bonchev–Trinajstić information content (AvgIpc) is 2.99. The number of anilines is 1. The molecule has 0 radical (unpaired) electrons. The van der Waals surface area contributed by atoms with E-state index in [4.69, 9.17) is 11.6 Å². The lowest BCUT2D eigenvalue weighted by Crippen LogP contribution is -2.18. The number of amides is 2. The molecule has 0 aliphatic heterocycles. The van der Waals surface area contributed by atoms with E-state index in [-0.39, 0.29) is 18.2 Å². The Balaban J connectivity index is 1.74. The van der Waals surface area contributed by atoms with Crippen molar-refractivity contribution in [2.75, 3.05) is 12.4 Å². The summed E-state index contributed by atoms with van der Waals surface area (Å²) in [5.41, 5.74) is 2.83. The van der Waals surface area contributed by atoms with Crippen molar-refractivity contribution in [2.24, 2.45) is 0 Å². The van der Waals surface area contributed by atoms with Crippen LogP contribution in [0.25, 0.3) is 10.9 Å². The molecular formula is C18H16ClN3O2. The first kappa shape index (κ1) is 16.1. The summed E-state index contributed by atoms with van der Waals surface area (Å²) in [6, 6.07) is 12.6. The number of benzene rings is 2. The molecule has 1 heterocycles. The van der Waals surface area contributed by atoms with Gasteiger partial charge in [-0.15, -0.1) is 0 Å². The van der Waals surface area contributed by atoms with Crippen LogP contribution in [0.15, 0.2) is 48.7 Å². The Hall–Kier alpha value is -2.79. The van der Waals surface area contributed by atoms with Gasteiger partial charge in [-0.3, -0.25) is 9.59 Å². The van der Waals surface area contributed by atoms with E-state index in [0.717, 1.165) is 16.5 Å². The molecule has 0 atom stereocenters. The van der Waals surface area contributed by atoms with Crippen molar-refractivity contribution in [3.05, 3.63) is 64.8 Å². The summed E-state index contributed by atoms with van der Waals surface area (Å²) in [5, 5.41) is 6.65. The molecule has 2 aromatic carbocycles. The second-order valence-electron chi connectivity index (χ2n) is 5.36. The van der Waals surface area contributed by atoms with Gasteiger partial charge in [-0.25, -0.2) is 0 Å². The lowest BCUT2D eigenvalue weighted by atomic mass is 10.1. The van der Waals surface area contributed by atoms with Crippen molar-refractivity contribution in [3.63, 3.8) is 0 Å². The van der Waals surface area contributed by atoms with E-state index in [9.17, 15) is 9.59 Å². The molecule has 0 saturated heterocycles. The van der Waals surface area contributed by atoms with Gasteiger partial charge in [-0.05, 0) is 29.8 Å². The molecule has 6 heteroatoms. The zero-order valence-electron chi connectivity index (χ0n) is 13.0. The summed E-state index contributed by atoms with van der Waals surface area (Å²) in [5.74, 6) is -0.400. The zero-order chi connectivity index (χ0) is 17.1. The minimum Gasteiger partial charge on any atom is -0.361 e. The van der Waals surface area contributed by atoms with Crippen LogP contribution in [0.3, 0.4) is 0 Å². The van der Waals surface area contributed by atoms with Crippen molar-refractivity contribution in [1.82, 2.24) is 10.3 Å². The molecule has 0 saturated carbocycles. The Morgan fingerprint density at radius 3 is 2.71 bits per heavy atom. The minimum absolute atomic E-state index is 0.172. The van der Waals surface area contributed by atoms with Crippen LogP contribution in [-0.4, -0.2) is 23.8 Å². The molecule has 0 aliphatic carbocycles. The van der Waals surface area contributed by atoms with Crippen LogP contribution >= 0.6 is 11.6 Å². The van der Waals surface area contributed by atoms with E-state index in [1.165, 1.54) is 6.07 Å². The molecule has 24 heavy (non-hydrogen) atoms. The van der Waals surface area contributed by atoms with Gasteiger partial charge in [-0.1, -0.05) is 29.8 Å². The summed E-state index contributed by atoms with van der Waals surface area (Å²) in [6.45, 7) is 0. The number of nitrogens with one attached hydrogen (secondary N) is 3. The smallest absolute Gasteiger partial charge is 0.251 e. The maximum atomic E-state index is 12.3. The van der Waals surface area contributed by atoms with Gasteiger partial charge in [0.15, 0.2) is 0 Å². The largest absolute Gasteiger partial charge is 0.361 e. The highest BCUT2D eigenvalue weighted by Crippen LogP contribution is 2.24. The van der Waals surface area contributed by atoms with Crippen LogP contribution in [0.2, 0.25) is 5.02 Å². The van der Waals surface area contributed by atoms with Crippen LogP contribution in [0.5, 0.6) is 0 Å².